The molecule has 1 saturated heterocycles. The van der Waals surface area contributed by atoms with Crippen LogP contribution in [0.3, 0.4) is 0 Å². The molecule has 2 unspecified atom stereocenters. The minimum Gasteiger partial charge on any atom is -0.491 e. The molecular weight excluding hydrogens is 256 g/mol. The second-order valence-electron chi connectivity index (χ2n) is 5.07. The smallest absolute Gasteiger partial charge is 0.226 e. The second-order valence-corrected chi connectivity index (χ2v) is 5.07. The van der Waals surface area contributed by atoms with Gasteiger partial charge in [-0.1, -0.05) is 12.1 Å². The number of hydrogen-bond acceptors (Lipinski definition) is 4. The van der Waals surface area contributed by atoms with Crippen molar-refractivity contribution >= 4 is 11.6 Å². The van der Waals surface area contributed by atoms with Crippen molar-refractivity contribution in [3.63, 3.8) is 0 Å². The van der Waals surface area contributed by atoms with Crippen molar-refractivity contribution in [1.82, 2.24) is 4.90 Å². The zero-order valence-electron chi connectivity index (χ0n) is 12.0. The predicted molar refractivity (Wildman–Crippen MR) is 77.6 cm³/mol. The monoisotopic (exact) mass is 278 g/mol. The molecule has 0 saturated carbocycles. The lowest BCUT2D eigenvalue weighted by Crippen LogP contribution is -2.41. The maximum absolute atomic E-state index is 12.1. The molecule has 20 heavy (non-hydrogen) atoms. The van der Waals surface area contributed by atoms with Crippen LogP contribution in [-0.2, 0) is 9.53 Å². The molecule has 1 aromatic rings. The molecule has 1 amide bonds. The maximum Gasteiger partial charge on any atom is 0.226 e. The molecule has 0 bridgehead atoms. The van der Waals surface area contributed by atoms with Crippen molar-refractivity contribution < 1.29 is 14.3 Å². The third-order valence-corrected chi connectivity index (χ3v) is 3.72. The number of likely N-dealkylation sites (N-methyl/N-ethyl adjacent to an activating group) is 1. The number of ether oxygens (including phenoxy) is 2. The molecule has 5 nitrogen and oxygen atoms in total. The van der Waals surface area contributed by atoms with Gasteiger partial charge in [-0.25, -0.2) is 0 Å². The summed E-state index contributed by atoms with van der Waals surface area (Å²) in [5, 5.41) is 0. The van der Waals surface area contributed by atoms with Gasteiger partial charge >= 0.3 is 0 Å². The highest BCUT2D eigenvalue weighted by atomic mass is 16.5. The van der Waals surface area contributed by atoms with Crippen LogP contribution < -0.4 is 10.5 Å². The molecular formula is C15H22N2O3. The Morgan fingerprint density at radius 1 is 1.50 bits per heavy atom. The Bertz CT molecular complexity index is 464. The first-order valence-corrected chi connectivity index (χ1v) is 6.94. The van der Waals surface area contributed by atoms with Crippen LogP contribution >= 0.6 is 0 Å². The fourth-order valence-electron chi connectivity index (χ4n) is 2.45. The van der Waals surface area contributed by atoms with Crippen molar-refractivity contribution in [3.8, 4) is 5.75 Å². The summed E-state index contributed by atoms with van der Waals surface area (Å²) >= 11 is 0. The van der Waals surface area contributed by atoms with E-state index in [-0.39, 0.29) is 18.1 Å². The zero-order valence-corrected chi connectivity index (χ0v) is 12.0. The summed E-state index contributed by atoms with van der Waals surface area (Å²) in [6.45, 7) is 3.06. The van der Waals surface area contributed by atoms with E-state index in [4.69, 9.17) is 15.2 Å². The fraction of sp³-hybridized carbons (Fsp3) is 0.533. The van der Waals surface area contributed by atoms with E-state index >= 15 is 0 Å². The molecule has 0 radical (unpaired) electrons. The first-order valence-electron chi connectivity index (χ1n) is 6.94. The molecule has 1 aliphatic heterocycles. The van der Waals surface area contributed by atoms with Gasteiger partial charge < -0.3 is 20.1 Å². The van der Waals surface area contributed by atoms with Crippen LogP contribution in [0.1, 0.15) is 19.8 Å². The quantitative estimate of drug-likeness (QED) is 0.832. The van der Waals surface area contributed by atoms with Crippen molar-refractivity contribution in [2.75, 3.05) is 26.0 Å². The lowest BCUT2D eigenvalue weighted by molar-refractivity contribution is -0.133. The number of anilines is 1. The van der Waals surface area contributed by atoms with Crippen LogP contribution in [-0.4, -0.2) is 43.2 Å². The molecule has 110 valence electrons. The molecule has 0 aliphatic carbocycles. The summed E-state index contributed by atoms with van der Waals surface area (Å²) in [5.41, 5.74) is 6.37. The Kier molecular flexibility index (Phi) is 4.84. The first-order chi connectivity index (χ1) is 9.59. The molecule has 0 spiro atoms. The SMILES string of the molecule is CC1OCCC1N(C)C(=O)CCOc1ccccc1N. The van der Waals surface area contributed by atoms with Crippen molar-refractivity contribution in [3.05, 3.63) is 24.3 Å². The Balaban J connectivity index is 1.79. The molecule has 2 rings (SSSR count). The van der Waals surface area contributed by atoms with Gasteiger partial charge in [0, 0.05) is 13.7 Å². The topological polar surface area (TPSA) is 64.8 Å². The van der Waals surface area contributed by atoms with Crippen molar-refractivity contribution in [2.24, 2.45) is 0 Å². The van der Waals surface area contributed by atoms with Gasteiger partial charge in [-0.05, 0) is 25.5 Å². The highest BCUT2D eigenvalue weighted by Gasteiger charge is 2.30. The average molecular weight is 278 g/mol. The third kappa shape index (κ3) is 3.42. The minimum atomic E-state index is 0.0712. The highest BCUT2D eigenvalue weighted by molar-refractivity contribution is 5.76. The zero-order chi connectivity index (χ0) is 14.5. The summed E-state index contributed by atoms with van der Waals surface area (Å²) in [4.78, 5) is 13.9. The normalized spacial score (nSPS) is 21.7. The van der Waals surface area contributed by atoms with E-state index in [0.29, 0.717) is 24.5 Å². The summed E-state index contributed by atoms with van der Waals surface area (Å²) in [5.74, 6) is 0.697. The van der Waals surface area contributed by atoms with Crippen molar-refractivity contribution in [2.45, 2.75) is 31.9 Å². The molecule has 1 heterocycles. The van der Waals surface area contributed by atoms with Crippen LogP contribution in [0.2, 0.25) is 0 Å². The highest BCUT2D eigenvalue weighted by Crippen LogP contribution is 2.21. The van der Waals surface area contributed by atoms with E-state index in [1.807, 2.05) is 26.1 Å². The average Bonchev–Trinajstić information content (AvgIpc) is 2.86. The predicted octanol–water partition coefficient (Wildman–Crippen LogP) is 1.67. The molecule has 0 aromatic heterocycles. The van der Waals surface area contributed by atoms with Crippen LogP contribution in [0, 0.1) is 0 Å². The van der Waals surface area contributed by atoms with Gasteiger partial charge in [-0.2, -0.15) is 0 Å². The van der Waals surface area contributed by atoms with Gasteiger partial charge in [0.05, 0.1) is 30.9 Å². The van der Waals surface area contributed by atoms with Gasteiger partial charge in [0.25, 0.3) is 0 Å². The summed E-state index contributed by atoms with van der Waals surface area (Å²) < 4.78 is 11.0. The maximum atomic E-state index is 12.1. The molecule has 2 N–H and O–H groups in total. The number of hydrogen-bond donors (Lipinski definition) is 1. The number of nitrogen functional groups attached to an aromatic ring is 1. The Morgan fingerprint density at radius 3 is 2.90 bits per heavy atom. The van der Waals surface area contributed by atoms with Gasteiger partial charge in [0.1, 0.15) is 5.75 Å². The number of benzene rings is 1. The minimum absolute atomic E-state index is 0.0712. The molecule has 1 aliphatic rings. The number of nitrogens with two attached hydrogens (primary N) is 1. The van der Waals surface area contributed by atoms with E-state index in [2.05, 4.69) is 0 Å². The standard InChI is InChI=1S/C15H22N2O3/c1-11-13(7-9-19-11)17(2)15(18)8-10-20-14-6-4-3-5-12(14)16/h3-6,11,13H,7-10,16H2,1-2H3. The fourth-order valence-corrected chi connectivity index (χ4v) is 2.45. The van der Waals surface area contributed by atoms with Crippen LogP contribution in [0.25, 0.3) is 0 Å². The van der Waals surface area contributed by atoms with E-state index in [1.54, 1.807) is 17.0 Å². The number of nitrogens with zero attached hydrogens (tertiary/aromatic N) is 1. The molecule has 5 heteroatoms. The molecule has 2 atom stereocenters. The Labute approximate surface area is 119 Å². The number of carbonyl (C=O) groups is 1. The number of para-hydroxylation sites is 2. The summed E-state index contributed by atoms with van der Waals surface area (Å²) in [6.07, 6.45) is 1.35. The molecule has 1 aromatic carbocycles. The van der Waals surface area contributed by atoms with Crippen LogP contribution in [0.4, 0.5) is 5.69 Å². The number of amides is 1. The number of carbonyl (C=O) groups excluding carboxylic acids is 1. The Hall–Kier alpha value is -1.75. The van der Waals surface area contributed by atoms with E-state index < -0.39 is 0 Å². The van der Waals surface area contributed by atoms with E-state index in [9.17, 15) is 4.79 Å². The summed E-state index contributed by atoms with van der Waals surface area (Å²) in [7, 11) is 1.83. The van der Waals surface area contributed by atoms with Gasteiger partial charge in [-0.15, -0.1) is 0 Å². The van der Waals surface area contributed by atoms with Gasteiger partial charge in [0.15, 0.2) is 0 Å². The largest absolute Gasteiger partial charge is 0.491 e. The van der Waals surface area contributed by atoms with Gasteiger partial charge in [0.2, 0.25) is 5.91 Å². The summed E-state index contributed by atoms with van der Waals surface area (Å²) in [6, 6.07) is 7.46. The van der Waals surface area contributed by atoms with Crippen LogP contribution in [0.5, 0.6) is 5.75 Å². The Morgan fingerprint density at radius 2 is 2.25 bits per heavy atom. The van der Waals surface area contributed by atoms with Crippen LogP contribution in [0.15, 0.2) is 24.3 Å². The van der Waals surface area contributed by atoms with E-state index in [0.717, 1.165) is 13.0 Å². The number of rotatable bonds is 5. The molecule has 1 fully saturated rings. The van der Waals surface area contributed by atoms with Crippen molar-refractivity contribution in [1.29, 1.82) is 0 Å². The lowest BCUT2D eigenvalue weighted by atomic mass is 10.1. The second kappa shape index (κ2) is 6.61. The lowest BCUT2D eigenvalue weighted by Gasteiger charge is -2.26. The third-order valence-electron chi connectivity index (χ3n) is 3.72. The van der Waals surface area contributed by atoms with E-state index in [1.165, 1.54) is 0 Å². The first kappa shape index (κ1) is 14.7. The van der Waals surface area contributed by atoms with Gasteiger partial charge in [-0.3, -0.25) is 4.79 Å².